The molecule has 0 spiro atoms. The van der Waals surface area contributed by atoms with E-state index in [0.29, 0.717) is 29.6 Å². The van der Waals surface area contributed by atoms with Crippen molar-refractivity contribution < 1.29 is 14.6 Å². The standard InChI is InChI=1S/C16H20N2O4/c19-10-9-17-5-7-18(8-6-17)11-13-15(20)12-3-1-2-4-14(12)22-16(13)21/h1-4,19-20H,5-11H2. The van der Waals surface area contributed by atoms with Crippen molar-refractivity contribution in [3.05, 3.63) is 40.2 Å². The van der Waals surface area contributed by atoms with Crippen molar-refractivity contribution in [2.24, 2.45) is 0 Å². The summed E-state index contributed by atoms with van der Waals surface area (Å²) >= 11 is 0. The number of nitrogens with zero attached hydrogens (tertiary/aromatic N) is 2. The molecule has 3 rings (SSSR count). The Kier molecular flexibility index (Phi) is 4.42. The third-order valence-electron chi connectivity index (χ3n) is 4.14. The molecule has 0 atom stereocenters. The van der Waals surface area contributed by atoms with Crippen LogP contribution in [-0.2, 0) is 6.54 Å². The SMILES string of the molecule is O=c1oc2ccccc2c(O)c1CN1CCN(CCO)CC1. The highest BCUT2D eigenvalue weighted by Gasteiger charge is 2.20. The van der Waals surface area contributed by atoms with Crippen molar-refractivity contribution in [1.29, 1.82) is 0 Å². The van der Waals surface area contributed by atoms with E-state index in [-0.39, 0.29) is 12.4 Å². The van der Waals surface area contributed by atoms with Crippen LogP contribution in [0.5, 0.6) is 5.75 Å². The Labute approximate surface area is 128 Å². The van der Waals surface area contributed by atoms with Gasteiger partial charge in [0.15, 0.2) is 0 Å². The molecule has 118 valence electrons. The molecule has 0 amide bonds. The summed E-state index contributed by atoms with van der Waals surface area (Å²) in [5.74, 6) is 0.0182. The molecule has 0 unspecified atom stereocenters. The van der Waals surface area contributed by atoms with E-state index in [1.807, 2.05) is 0 Å². The Balaban J connectivity index is 1.79. The van der Waals surface area contributed by atoms with Gasteiger partial charge in [-0.25, -0.2) is 4.79 Å². The lowest BCUT2D eigenvalue weighted by atomic mass is 10.1. The van der Waals surface area contributed by atoms with Crippen molar-refractivity contribution in [2.45, 2.75) is 6.54 Å². The second kappa shape index (κ2) is 6.48. The maximum Gasteiger partial charge on any atom is 0.344 e. The van der Waals surface area contributed by atoms with Crippen LogP contribution in [0.15, 0.2) is 33.5 Å². The summed E-state index contributed by atoms with van der Waals surface area (Å²) in [5.41, 5.74) is 0.241. The first-order chi connectivity index (χ1) is 10.7. The van der Waals surface area contributed by atoms with Crippen LogP contribution in [0.2, 0.25) is 0 Å². The number of aliphatic hydroxyl groups excluding tert-OH is 1. The first-order valence-corrected chi connectivity index (χ1v) is 7.48. The molecule has 2 aromatic rings. The minimum atomic E-state index is -0.478. The number of piperazine rings is 1. The van der Waals surface area contributed by atoms with Gasteiger partial charge in [0.1, 0.15) is 11.3 Å². The zero-order chi connectivity index (χ0) is 15.5. The molecule has 0 aliphatic carbocycles. The van der Waals surface area contributed by atoms with Gasteiger partial charge in [-0.1, -0.05) is 12.1 Å². The van der Waals surface area contributed by atoms with Crippen molar-refractivity contribution in [3.63, 3.8) is 0 Å². The number of para-hydroxylation sites is 1. The van der Waals surface area contributed by atoms with Gasteiger partial charge in [-0.15, -0.1) is 0 Å². The van der Waals surface area contributed by atoms with E-state index in [1.165, 1.54) is 0 Å². The average molecular weight is 304 g/mol. The number of hydrogen-bond donors (Lipinski definition) is 2. The minimum Gasteiger partial charge on any atom is -0.507 e. The largest absolute Gasteiger partial charge is 0.507 e. The molecule has 0 bridgehead atoms. The smallest absolute Gasteiger partial charge is 0.344 e. The topological polar surface area (TPSA) is 77.2 Å². The Morgan fingerprint density at radius 3 is 2.50 bits per heavy atom. The number of fused-ring (bicyclic) bond motifs is 1. The Morgan fingerprint density at radius 1 is 1.09 bits per heavy atom. The van der Waals surface area contributed by atoms with Gasteiger partial charge in [-0.05, 0) is 12.1 Å². The molecule has 0 radical (unpaired) electrons. The van der Waals surface area contributed by atoms with Crippen LogP contribution in [0.3, 0.4) is 0 Å². The molecule has 1 saturated heterocycles. The zero-order valence-electron chi connectivity index (χ0n) is 12.4. The van der Waals surface area contributed by atoms with E-state index in [0.717, 1.165) is 26.2 Å². The molecule has 6 nitrogen and oxygen atoms in total. The number of rotatable bonds is 4. The van der Waals surface area contributed by atoms with E-state index in [9.17, 15) is 9.90 Å². The van der Waals surface area contributed by atoms with Gasteiger partial charge in [-0.2, -0.15) is 0 Å². The van der Waals surface area contributed by atoms with Gasteiger partial charge in [0.05, 0.1) is 17.6 Å². The first kappa shape index (κ1) is 15.0. The normalized spacial score (nSPS) is 17.1. The van der Waals surface area contributed by atoms with E-state index in [2.05, 4.69) is 9.80 Å². The first-order valence-electron chi connectivity index (χ1n) is 7.48. The van der Waals surface area contributed by atoms with Gasteiger partial charge in [-0.3, -0.25) is 9.80 Å². The zero-order valence-corrected chi connectivity index (χ0v) is 12.4. The van der Waals surface area contributed by atoms with Crippen molar-refractivity contribution >= 4 is 11.0 Å². The van der Waals surface area contributed by atoms with Gasteiger partial charge in [0, 0.05) is 39.3 Å². The second-order valence-corrected chi connectivity index (χ2v) is 5.55. The molecular weight excluding hydrogens is 284 g/mol. The van der Waals surface area contributed by atoms with Crippen LogP contribution in [0.25, 0.3) is 11.0 Å². The summed E-state index contributed by atoms with van der Waals surface area (Å²) in [6, 6.07) is 6.99. The fraction of sp³-hybridized carbons (Fsp3) is 0.438. The number of β-amino-alcohol motifs (C(OH)–C–C–N with tert-alkyl or cyclic N) is 1. The number of aromatic hydroxyl groups is 1. The van der Waals surface area contributed by atoms with Crippen molar-refractivity contribution in [2.75, 3.05) is 39.3 Å². The highest BCUT2D eigenvalue weighted by Crippen LogP contribution is 2.26. The Hall–Kier alpha value is -1.89. The van der Waals surface area contributed by atoms with Crippen LogP contribution in [0, 0.1) is 0 Å². The van der Waals surface area contributed by atoms with Crippen molar-refractivity contribution in [3.8, 4) is 5.75 Å². The van der Waals surface area contributed by atoms with Gasteiger partial charge in [0.2, 0.25) is 0 Å². The predicted molar refractivity (Wildman–Crippen MR) is 83.0 cm³/mol. The molecule has 1 aliphatic heterocycles. The number of aliphatic hydroxyl groups is 1. The molecule has 22 heavy (non-hydrogen) atoms. The Bertz CT molecular complexity index is 705. The fourth-order valence-corrected chi connectivity index (χ4v) is 2.85. The molecule has 0 saturated carbocycles. The molecule has 1 aromatic heterocycles. The third kappa shape index (κ3) is 2.99. The molecule has 1 fully saturated rings. The van der Waals surface area contributed by atoms with Crippen molar-refractivity contribution in [1.82, 2.24) is 9.80 Å². The summed E-state index contributed by atoms with van der Waals surface area (Å²) < 4.78 is 5.29. The molecule has 6 heteroatoms. The number of benzene rings is 1. The second-order valence-electron chi connectivity index (χ2n) is 5.55. The lowest BCUT2D eigenvalue weighted by Crippen LogP contribution is -2.47. The summed E-state index contributed by atoms with van der Waals surface area (Å²) in [5, 5.41) is 19.9. The summed E-state index contributed by atoms with van der Waals surface area (Å²) in [6.45, 7) is 4.51. The summed E-state index contributed by atoms with van der Waals surface area (Å²) in [6.07, 6.45) is 0. The Morgan fingerprint density at radius 2 is 1.77 bits per heavy atom. The highest BCUT2D eigenvalue weighted by atomic mass is 16.4. The minimum absolute atomic E-state index is 0.0182. The highest BCUT2D eigenvalue weighted by molar-refractivity contribution is 5.83. The van der Waals surface area contributed by atoms with Crippen LogP contribution in [-0.4, -0.2) is 59.3 Å². The van der Waals surface area contributed by atoms with E-state index in [1.54, 1.807) is 24.3 Å². The fourth-order valence-electron chi connectivity index (χ4n) is 2.85. The lowest BCUT2D eigenvalue weighted by molar-refractivity contribution is 0.107. The summed E-state index contributed by atoms with van der Waals surface area (Å²) in [4.78, 5) is 16.4. The van der Waals surface area contributed by atoms with Crippen LogP contribution < -0.4 is 5.63 Å². The quantitative estimate of drug-likeness (QED) is 0.806. The molecule has 1 aromatic carbocycles. The van der Waals surface area contributed by atoms with Crippen LogP contribution in [0.4, 0.5) is 0 Å². The predicted octanol–water partition coefficient (Wildman–Crippen LogP) is 0.608. The third-order valence-corrected chi connectivity index (χ3v) is 4.14. The number of hydrogen-bond acceptors (Lipinski definition) is 6. The maximum absolute atomic E-state index is 12.1. The van der Waals surface area contributed by atoms with Crippen LogP contribution >= 0.6 is 0 Å². The van der Waals surface area contributed by atoms with E-state index < -0.39 is 5.63 Å². The van der Waals surface area contributed by atoms with Gasteiger partial charge in [0.25, 0.3) is 0 Å². The van der Waals surface area contributed by atoms with Crippen LogP contribution in [0.1, 0.15) is 5.56 Å². The van der Waals surface area contributed by atoms with E-state index in [4.69, 9.17) is 9.52 Å². The molecule has 1 aliphatic rings. The van der Waals surface area contributed by atoms with E-state index >= 15 is 0 Å². The average Bonchev–Trinajstić information content (AvgIpc) is 2.53. The maximum atomic E-state index is 12.1. The summed E-state index contributed by atoms with van der Waals surface area (Å²) in [7, 11) is 0. The van der Waals surface area contributed by atoms with Gasteiger partial charge < -0.3 is 14.6 Å². The van der Waals surface area contributed by atoms with Gasteiger partial charge >= 0.3 is 5.63 Å². The molecule has 2 N–H and O–H groups in total. The lowest BCUT2D eigenvalue weighted by Gasteiger charge is -2.34. The molecular formula is C16H20N2O4. The molecule has 2 heterocycles. The monoisotopic (exact) mass is 304 g/mol.